The van der Waals surface area contributed by atoms with Crippen molar-refractivity contribution >= 4 is 17.8 Å². The van der Waals surface area contributed by atoms with E-state index in [1.807, 2.05) is 0 Å². The zero-order valence-electron chi connectivity index (χ0n) is 6.56. The number of hydrogen-bond acceptors (Lipinski definition) is 4. The summed E-state index contributed by atoms with van der Waals surface area (Å²) in [6.07, 6.45) is -0.986. The topological polar surface area (TPSA) is 141 Å². The van der Waals surface area contributed by atoms with Crippen LogP contribution in [0.25, 0.3) is 0 Å². The Labute approximate surface area is 73.4 Å². The number of carboxylic acid groups (broad SMARTS) is 2. The monoisotopic (exact) mass is 188 g/mol. The average molecular weight is 188 g/mol. The van der Waals surface area contributed by atoms with Crippen molar-refractivity contribution in [1.82, 2.24) is 0 Å². The average Bonchev–Trinajstić information content (AvgIpc) is 1.83. The van der Waals surface area contributed by atoms with Crippen molar-refractivity contribution in [2.75, 3.05) is 0 Å². The molecule has 7 heteroatoms. The van der Waals surface area contributed by atoms with Crippen molar-refractivity contribution in [1.29, 1.82) is 5.26 Å². The number of aliphatic carboxylic acids is 2. The lowest BCUT2D eigenvalue weighted by atomic mass is 10.4. The highest BCUT2D eigenvalue weighted by Gasteiger charge is 1.99. The van der Waals surface area contributed by atoms with E-state index in [2.05, 4.69) is 5.73 Å². The van der Waals surface area contributed by atoms with Gasteiger partial charge in [-0.1, -0.05) is 0 Å². The fraction of sp³-hybridized carbons (Fsp3) is 0.333. The predicted molar refractivity (Wildman–Crippen MR) is 39.3 cm³/mol. The molecule has 13 heavy (non-hydrogen) atoms. The Morgan fingerprint density at radius 3 is 1.69 bits per heavy atom. The Morgan fingerprint density at radius 1 is 1.23 bits per heavy atom. The molecule has 0 bridgehead atoms. The highest BCUT2D eigenvalue weighted by atomic mass is 16.4. The third kappa shape index (κ3) is 25.7. The van der Waals surface area contributed by atoms with Gasteiger partial charge in [-0.2, -0.15) is 5.26 Å². The van der Waals surface area contributed by atoms with Crippen molar-refractivity contribution in [2.45, 2.75) is 12.8 Å². The maximum Gasteiger partial charge on any atom is 0.317 e. The molecule has 0 aliphatic rings. The van der Waals surface area contributed by atoms with E-state index in [0.717, 1.165) is 0 Å². The van der Waals surface area contributed by atoms with E-state index in [1.54, 1.807) is 0 Å². The van der Waals surface area contributed by atoms with Crippen LogP contribution in [0.5, 0.6) is 0 Å². The molecule has 0 aliphatic carbocycles. The molecular weight excluding hydrogens is 180 g/mol. The smallest absolute Gasteiger partial charge is 0.317 e. The van der Waals surface area contributed by atoms with E-state index in [-0.39, 0.29) is 0 Å². The highest BCUT2D eigenvalue weighted by molar-refractivity contribution is 5.92. The van der Waals surface area contributed by atoms with E-state index >= 15 is 0 Å². The van der Waals surface area contributed by atoms with E-state index in [0.29, 0.717) is 0 Å². The number of nitriles is 1. The number of rotatable bonds is 3. The van der Waals surface area contributed by atoms with Gasteiger partial charge >= 0.3 is 11.9 Å². The van der Waals surface area contributed by atoms with Crippen LogP contribution in [0.3, 0.4) is 0 Å². The standard InChI is InChI=1S/C3H5NO3.C3H3NO2/c4-2(5)1-3(6)7;4-2-1-3(5)6/h1H2,(H2,4,5)(H,6,7);1H2,(H,5,6). The van der Waals surface area contributed by atoms with Crippen molar-refractivity contribution in [3.8, 4) is 6.07 Å². The van der Waals surface area contributed by atoms with Gasteiger partial charge in [0.1, 0.15) is 12.8 Å². The Balaban J connectivity index is 0. The summed E-state index contributed by atoms with van der Waals surface area (Å²) in [5.74, 6) is -3.07. The Hall–Kier alpha value is -2.10. The Bertz CT molecular complexity index is 230. The van der Waals surface area contributed by atoms with Crippen molar-refractivity contribution in [2.24, 2.45) is 5.73 Å². The second-order valence-electron chi connectivity index (χ2n) is 1.77. The van der Waals surface area contributed by atoms with Crippen LogP contribution < -0.4 is 5.73 Å². The van der Waals surface area contributed by atoms with E-state index in [1.165, 1.54) is 6.07 Å². The van der Waals surface area contributed by atoms with Gasteiger partial charge < -0.3 is 15.9 Å². The first-order chi connectivity index (χ1) is 5.90. The molecule has 0 saturated heterocycles. The lowest BCUT2D eigenvalue weighted by Crippen LogP contribution is -2.15. The third-order valence-electron chi connectivity index (χ3n) is 0.556. The van der Waals surface area contributed by atoms with Crippen LogP contribution in [-0.4, -0.2) is 28.1 Å². The molecule has 1 amide bonds. The van der Waals surface area contributed by atoms with Crippen LogP contribution in [0.4, 0.5) is 0 Å². The molecule has 0 radical (unpaired) electrons. The van der Waals surface area contributed by atoms with Crippen molar-refractivity contribution in [3.63, 3.8) is 0 Å². The normalized spacial score (nSPS) is 7.31. The molecule has 72 valence electrons. The SMILES string of the molecule is N#CCC(=O)O.NC(=O)CC(=O)O. The Kier molecular flexibility index (Phi) is 8.30. The van der Waals surface area contributed by atoms with Crippen molar-refractivity contribution < 1.29 is 24.6 Å². The van der Waals surface area contributed by atoms with Gasteiger partial charge in [0.15, 0.2) is 0 Å². The van der Waals surface area contributed by atoms with Crippen molar-refractivity contribution in [3.05, 3.63) is 0 Å². The first-order valence-corrected chi connectivity index (χ1v) is 2.99. The molecule has 0 aromatic heterocycles. The van der Waals surface area contributed by atoms with Gasteiger partial charge in [-0.05, 0) is 0 Å². The van der Waals surface area contributed by atoms with E-state index in [9.17, 15) is 14.4 Å². The molecule has 4 N–H and O–H groups in total. The number of amides is 1. The first-order valence-electron chi connectivity index (χ1n) is 2.99. The predicted octanol–water partition coefficient (Wildman–Crippen LogP) is -1.07. The fourth-order valence-corrected chi connectivity index (χ4v) is 0.217. The van der Waals surface area contributed by atoms with Gasteiger partial charge in [0.05, 0.1) is 6.07 Å². The summed E-state index contributed by atoms with van der Waals surface area (Å²) in [4.78, 5) is 28.5. The summed E-state index contributed by atoms with van der Waals surface area (Å²) in [7, 11) is 0. The third-order valence-corrected chi connectivity index (χ3v) is 0.556. The van der Waals surface area contributed by atoms with Crippen LogP contribution >= 0.6 is 0 Å². The number of carboxylic acids is 2. The molecule has 0 aromatic rings. The summed E-state index contributed by atoms with van der Waals surface area (Å²) in [5, 5.41) is 23.1. The molecule has 7 nitrogen and oxygen atoms in total. The minimum atomic E-state index is -1.19. The maximum absolute atomic E-state index is 9.65. The van der Waals surface area contributed by atoms with Gasteiger partial charge in [0.2, 0.25) is 5.91 Å². The quantitative estimate of drug-likeness (QED) is 0.481. The number of carbonyl (C=O) groups is 3. The number of nitrogens with zero attached hydrogens (tertiary/aromatic N) is 1. The fourth-order valence-electron chi connectivity index (χ4n) is 0.217. The van der Waals surface area contributed by atoms with Gasteiger partial charge in [-0.15, -0.1) is 0 Å². The number of nitrogens with two attached hydrogens (primary N) is 1. The van der Waals surface area contributed by atoms with Crippen LogP contribution in [0.2, 0.25) is 0 Å². The van der Waals surface area contributed by atoms with Crippen LogP contribution in [0.1, 0.15) is 12.8 Å². The summed E-state index contributed by atoms with van der Waals surface area (Å²) >= 11 is 0. The van der Waals surface area contributed by atoms with Crippen LogP contribution in [-0.2, 0) is 14.4 Å². The molecule has 0 saturated carbocycles. The van der Waals surface area contributed by atoms with E-state index < -0.39 is 30.7 Å². The lowest BCUT2D eigenvalue weighted by molar-refractivity contribution is -0.140. The molecule has 0 aromatic carbocycles. The summed E-state index contributed by atoms with van der Waals surface area (Å²) in [6, 6.07) is 1.47. The Morgan fingerprint density at radius 2 is 1.69 bits per heavy atom. The van der Waals surface area contributed by atoms with Gasteiger partial charge in [0, 0.05) is 0 Å². The molecule has 0 fully saturated rings. The molecule has 0 rings (SSSR count). The van der Waals surface area contributed by atoms with Gasteiger partial charge in [-0.3, -0.25) is 14.4 Å². The molecule has 0 atom stereocenters. The number of primary amides is 1. The summed E-state index contributed by atoms with van der Waals surface area (Å²) in [6.45, 7) is 0. The zero-order valence-corrected chi connectivity index (χ0v) is 6.56. The van der Waals surface area contributed by atoms with E-state index in [4.69, 9.17) is 15.5 Å². The minimum absolute atomic E-state index is 0.403. The molecular formula is C6H8N2O5. The maximum atomic E-state index is 9.65. The second kappa shape index (κ2) is 8.00. The largest absolute Gasteiger partial charge is 0.481 e. The zero-order chi connectivity index (χ0) is 10.9. The summed E-state index contributed by atoms with van der Waals surface area (Å²) < 4.78 is 0. The minimum Gasteiger partial charge on any atom is -0.481 e. The van der Waals surface area contributed by atoms with Crippen LogP contribution in [0.15, 0.2) is 0 Å². The van der Waals surface area contributed by atoms with Crippen LogP contribution in [0, 0.1) is 11.3 Å². The number of hydrogen-bond donors (Lipinski definition) is 3. The molecule has 0 aliphatic heterocycles. The lowest BCUT2D eigenvalue weighted by Gasteiger charge is -1.81. The molecule has 0 unspecified atom stereocenters. The molecule has 0 spiro atoms. The van der Waals surface area contributed by atoms with Gasteiger partial charge in [-0.25, -0.2) is 0 Å². The highest BCUT2D eigenvalue weighted by Crippen LogP contribution is 1.71. The summed E-state index contributed by atoms with van der Waals surface area (Å²) in [5.41, 5.74) is 4.47. The number of carbonyl (C=O) groups excluding carboxylic acids is 1. The van der Waals surface area contributed by atoms with Gasteiger partial charge in [0.25, 0.3) is 0 Å². The molecule has 0 heterocycles. The second-order valence-corrected chi connectivity index (χ2v) is 1.77. The first kappa shape index (κ1) is 13.5.